The number of allylic oxidation sites excluding steroid dienone is 4. The van der Waals surface area contributed by atoms with Crippen molar-refractivity contribution in [2.45, 2.75) is 71.6 Å². The van der Waals surface area contributed by atoms with E-state index in [4.69, 9.17) is 4.74 Å². The Bertz CT molecular complexity index is 1040. The fourth-order valence-electron chi connectivity index (χ4n) is 6.71. The molecule has 1 amide bonds. The number of amides is 1. The molecule has 0 saturated carbocycles. The third-order valence-electron chi connectivity index (χ3n) is 8.28. The Morgan fingerprint density at radius 2 is 1.91 bits per heavy atom. The molecular formula is C30H39NO4. The molecule has 1 aromatic carbocycles. The first-order valence-corrected chi connectivity index (χ1v) is 12.8. The zero-order valence-corrected chi connectivity index (χ0v) is 21.5. The summed E-state index contributed by atoms with van der Waals surface area (Å²) in [7, 11) is 0. The van der Waals surface area contributed by atoms with Gasteiger partial charge < -0.3 is 15.2 Å². The summed E-state index contributed by atoms with van der Waals surface area (Å²) in [6, 6.07) is 10.1. The summed E-state index contributed by atoms with van der Waals surface area (Å²) in [6.07, 6.45) is 11.3. The Kier molecular flexibility index (Phi) is 7.10. The summed E-state index contributed by atoms with van der Waals surface area (Å²) in [5.41, 5.74) is 0.341. The standard InChI is InChI=1S/C30H39NO4/c1-19-10-9-13-24-16-20(2)21(3)27-25(17-23-11-7-6-8-12-23)31-28(33)30(24,27)26(35-22(4)32)14-15-29(5,34)18-19/h6-9,11-16,19,21,24-27,34H,10,17-18H2,1-5H3,(H,31,33)/b13-9+,15-14+/t19?,21-,24+,25+,26-,27+,29+,30-/m1/s1. The zero-order chi connectivity index (χ0) is 25.4. The molecule has 1 aliphatic heterocycles. The largest absolute Gasteiger partial charge is 0.457 e. The van der Waals surface area contributed by atoms with E-state index in [1.54, 1.807) is 19.1 Å². The molecule has 1 unspecified atom stereocenters. The highest BCUT2D eigenvalue weighted by molar-refractivity contribution is 5.89. The molecule has 0 radical (unpaired) electrons. The van der Waals surface area contributed by atoms with Gasteiger partial charge in [0.1, 0.15) is 11.5 Å². The fraction of sp³-hybridized carbons (Fsp3) is 0.533. The summed E-state index contributed by atoms with van der Waals surface area (Å²) >= 11 is 0. The Morgan fingerprint density at radius 3 is 2.60 bits per heavy atom. The van der Waals surface area contributed by atoms with Crippen molar-refractivity contribution in [3.63, 3.8) is 0 Å². The van der Waals surface area contributed by atoms with E-state index in [0.29, 0.717) is 12.8 Å². The molecule has 3 aliphatic rings. The van der Waals surface area contributed by atoms with Crippen molar-refractivity contribution in [1.29, 1.82) is 0 Å². The number of benzene rings is 1. The quantitative estimate of drug-likeness (QED) is 0.486. The van der Waals surface area contributed by atoms with Crippen molar-refractivity contribution in [1.82, 2.24) is 5.32 Å². The van der Waals surface area contributed by atoms with Gasteiger partial charge >= 0.3 is 5.97 Å². The molecule has 1 spiro atoms. The van der Waals surface area contributed by atoms with Gasteiger partial charge in [-0.15, -0.1) is 0 Å². The van der Waals surface area contributed by atoms with Crippen LogP contribution in [0.4, 0.5) is 0 Å². The second-order valence-corrected chi connectivity index (χ2v) is 11.2. The average Bonchev–Trinajstić information content (AvgIpc) is 3.06. The maximum atomic E-state index is 14.1. The Hall–Kier alpha value is -2.66. The van der Waals surface area contributed by atoms with E-state index < -0.39 is 23.1 Å². The molecule has 2 N–H and O–H groups in total. The number of aliphatic hydroxyl groups is 1. The number of esters is 1. The van der Waals surface area contributed by atoms with E-state index in [1.807, 2.05) is 18.2 Å². The van der Waals surface area contributed by atoms with Crippen molar-refractivity contribution in [3.8, 4) is 0 Å². The molecule has 5 heteroatoms. The molecule has 0 aromatic heterocycles. The lowest BCUT2D eigenvalue weighted by Gasteiger charge is -2.48. The first kappa shape index (κ1) is 25.4. The summed E-state index contributed by atoms with van der Waals surface area (Å²) < 4.78 is 5.95. The maximum Gasteiger partial charge on any atom is 0.303 e. The van der Waals surface area contributed by atoms with E-state index in [9.17, 15) is 14.7 Å². The van der Waals surface area contributed by atoms with Crippen molar-refractivity contribution in [2.75, 3.05) is 0 Å². The van der Waals surface area contributed by atoms with Crippen LogP contribution in [0.1, 0.15) is 53.0 Å². The van der Waals surface area contributed by atoms with Crippen LogP contribution in [-0.2, 0) is 20.7 Å². The van der Waals surface area contributed by atoms with Crippen LogP contribution in [0.15, 0.2) is 66.3 Å². The van der Waals surface area contributed by atoms with Gasteiger partial charge in [0, 0.05) is 24.8 Å². The van der Waals surface area contributed by atoms with Gasteiger partial charge in [0.15, 0.2) is 0 Å². The Labute approximate surface area is 209 Å². The van der Waals surface area contributed by atoms with Crippen molar-refractivity contribution in [3.05, 3.63) is 71.8 Å². The molecule has 4 rings (SSSR count). The predicted molar refractivity (Wildman–Crippen MR) is 137 cm³/mol. The first-order chi connectivity index (χ1) is 16.5. The van der Waals surface area contributed by atoms with Crippen LogP contribution in [0.25, 0.3) is 0 Å². The van der Waals surface area contributed by atoms with Crippen molar-refractivity contribution < 1.29 is 19.4 Å². The molecule has 8 atom stereocenters. The fourth-order valence-corrected chi connectivity index (χ4v) is 6.71. The maximum absolute atomic E-state index is 14.1. The Morgan fingerprint density at radius 1 is 1.20 bits per heavy atom. The molecule has 1 fully saturated rings. The molecule has 0 bridgehead atoms. The van der Waals surface area contributed by atoms with Crippen molar-refractivity contribution >= 4 is 11.9 Å². The molecule has 2 aliphatic carbocycles. The van der Waals surface area contributed by atoms with Crippen LogP contribution in [0.2, 0.25) is 0 Å². The Balaban J connectivity index is 1.90. The molecule has 188 valence electrons. The van der Waals surface area contributed by atoms with Gasteiger partial charge in [-0.1, -0.05) is 74.1 Å². The predicted octanol–water partition coefficient (Wildman–Crippen LogP) is 4.77. The summed E-state index contributed by atoms with van der Waals surface area (Å²) in [6.45, 7) is 9.60. The van der Waals surface area contributed by atoms with Gasteiger partial charge in [0.25, 0.3) is 0 Å². The van der Waals surface area contributed by atoms with E-state index in [-0.39, 0.29) is 35.6 Å². The number of hydrogen-bond donors (Lipinski definition) is 2. The van der Waals surface area contributed by atoms with Crippen LogP contribution in [-0.4, -0.2) is 34.7 Å². The zero-order valence-electron chi connectivity index (χ0n) is 21.5. The first-order valence-electron chi connectivity index (χ1n) is 12.8. The average molecular weight is 478 g/mol. The number of ether oxygens (including phenoxy) is 1. The van der Waals surface area contributed by atoms with Crippen molar-refractivity contribution in [2.24, 2.45) is 29.1 Å². The lowest BCUT2D eigenvalue weighted by atomic mass is 9.54. The van der Waals surface area contributed by atoms with Crippen LogP contribution in [0.3, 0.4) is 0 Å². The topological polar surface area (TPSA) is 75.6 Å². The molecule has 35 heavy (non-hydrogen) atoms. The summed E-state index contributed by atoms with van der Waals surface area (Å²) in [4.78, 5) is 26.5. The van der Waals surface area contributed by atoms with Gasteiger partial charge in [-0.2, -0.15) is 0 Å². The summed E-state index contributed by atoms with van der Waals surface area (Å²) in [5, 5.41) is 14.4. The van der Waals surface area contributed by atoms with Crippen LogP contribution < -0.4 is 5.32 Å². The molecule has 1 heterocycles. The summed E-state index contributed by atoms with van der Waals surface area (Å²) in [5.74, 6) is -0.462. The van der Waals surface area contributed by atoms with Crippen LogP contribution in [0.5, 0.6) is 0 Å². The molecule has 1 aromatic rings. The third-order valence-corrected chi connectivity index (χ3v) is 8.28. The highest BCUT2D eigenvalue weighted by Gasteiger charge is 2.65. The lowest BCUT2D eigenvalue weighted by molar-refractivity contribution is -0.159. The highest BCUT2D eigenvalue weighted by Crippen LogP contribution is 2.56. The van der Waals surface area contributed by atoms with Crippen LogP contribution in [0, 0.1) is 29.1 Å². The van der Waals surface area contributed by atoms with E-state index >= 15 is 0 Å². The minimum absolute atomic E-state index is 0.0866. The van der Waals surface area contributed by atoms with Gasteiger partial charge in [0.05, 0.1) is 5.60 Å². The number of rotatable bonds is 3. The molecule has 1 saturated heterocycles. The molecular weight excluding hydrogens is 438 g/mol. The molecule has 5 nitrogen and oxygen atoms in total. The minimum atomic E-state index is -1.07. The van der Waals surface area contributed by atoms with Gasteiger partial charge in [-0.3, -0.25) is 9.59 Å². The monoisotopic (exact) mass is 477 g/mol. The lowest BCUT2D eigenvalue weighted by Crippen LogP contribution is -2.55. The van der Waals surface area contributed by atoms with Gasteiger partial charge in [-0.25, -0.2) is 0 Å². The van der Waals surface area contributed by atoms with Gasteiger partial charge in [-0.05, 0) is 56.6 Å². The SMILES string of the molecule is CC(=O)O[C@@H]1/C=C/[C@](C)(O)CC(C)C/C=C/[C@H]2C=C(C)[C@@H](C)[C@H]3[C@H](Cc4ccccc4)NC(=O)[C@]321. The highest BCUT2D eigenvalue weighted by atomic mass is 16.5. The number of carbonyl (C=O) groups excluding carboxylic acids is 2. The number of hydrogen-bond acceptors (Lipinski definition) is 4. The van der Waals surface area contributed by atoms with E-state index in [0.717, 1.165) is 12.0 Å². The third kappa shape index (κ3) is 4.88. The van der Waals surface area contributed by atoms with Crippen LogP contribution >= 0.6 is 0 Å². The van der Waals surface area contributed by atoms with Gasteiger partial charge in [0.2, 0.25) is 5.91 Å². The smallest absolute Gasteiger partial charge is 0.303 e. The number of carbonyl (C=O) groups is 2. The second-order valence-electron chi connectivity index (χ2n) is 11.2. The van der Waals surface area contributed by atoms with E-state index in [2.05, 4.69) is 56.4 Å². The number of nitrogens with one attached hydrogen (secondary N) is 1. The minimum Gasteiger partial charge on any atom is -0.457 e. The second kappa shape index (κ2) is 9.77. The van der Waals surface area contributed by atoms with E-state index in [1.165, 1.54) is 12.5 Å². The normalized spacial score (nSPS) is 40.9.